The molecule has 112 valence electrons. The van der Waals surface area contributed by atoms with Gasteiger partial charge in [0.05, 0.1) is 12.1 Å². The number of carbonyl (C=O) groups excluding carboxylic acids is 1. The maximum Gasteiger partial charge on any atom is 0.315 e. The van der Waals surface area contributed by atoms with E-state index in [0.29, 0.717) is 6.54 Å². The molecule has 0 radical (unpaired) electrons. The van der Waals surface area contributed by atoms with Crippen molar-refractivity contribution in [1.82, 2.24) is 10.6 Å². The summed E-state index contributed by atoms with van der Waals surface area (Å²) in [5, 5.41) is 15.2. The Morgan fingerprint density at radius 3 is 2.63 bits per heavy atom. The fraction of sp³-hybridized carbons (Fsp3) is 0.929. The van der Waals surface area contributed by atoms with Crippen molar-refractivity contribution in [2.75, 3.05) is 24.7 Å². The molecule has 4 nitrogen and oxygen atoms in total. The molecule has 1 aliphatic rings. The second-order valence-corrected chi connectivity index (χ2v) is 7.00. The second kappa shape index (κ2) is 8.69. The third-order valence-corrected chi connectivity index (χ3v) is 4.92. The highest BCUT2D eigenvalue weighted by Gasteiger charge is 2.34. The SMILES string of the molecule is CC(C)CSCCCNC(=O)NC1(CO)CCCC1. The average molecular weight is 288 g/mol. The van der Waals surface area contributed by atoms with E-state index in [9.17, 15) is 9.90 Å². The highest BCUT2D eigenvalue weighted by molar-refractivity contribution is 7.99. The summed E-state index contributed by atoms with van der Waals surface area (Å²) in [4.78, 5) is 11.8. The number of hydrogen-bond donors (Lipinski definition) is 3. The van der Waals surface area contributed by atoms with Gasteiger partial charge in [0.25, 0.3) is 0 Å². The lowest BCUT2D eigenvalue weighted by atomic mass is 9.99. The molecule has 1 saturated carbocycles. The summed E-state index contributed by atoms with van der Waals surface area (Å²) in [6.45, 7) is 5.19. The maximum atomic E-state index is 11.8. The van der Waals surface area contributed by atoms with Gasteiger partial charge in [0.15, 0.2) is 0 Å². The van der Waals surface area contributed by atoms with Gasteiger partial charge in [-0.15, -0.1) is 0 Å². The first kappa shape index (κ1) is 16.6. The Morgan fingerprint density at radius 2 is 2.05 bits per heavy atom. The fourth-order valence-corrected chi connectivity index (χ4v) is 3.34. The Morgan fingerprint density at radius 1 is 1.37 bits per heavy atom. The van der Waals surface area contributed by atoms with Crippen molar-refractivity contribution in [2.45, 2.75) is 51.5 Å². The second-order valence-electron chi connectivity index (χ2n) is 5.85. The molecule has 0 atom stereocenters. The third-order valence-electron chi connectivity index (χ3n) is 3.44. The molecule has 5 heteroatoms. The van der Waals surface area contributed by atoms with Crippen LogP contribution in [0.3, 0.4) is 0 Å². The summed E-state index contributed by atoms with van der Waals surface area (Å²) >= 11 is 1.94. The monoisotopic (exact) mass is 288 g/mol. The van der Waals surface area contributed by atoms with Crippen molar-refractivity contribution < 1.29 is 9.90 Å². The van der Waals surface area contributed by atoms with Crippen molar-refractivity contribution in [3.8, 4) is 0 Å². The van der Waals surface area contributed by atoms with Crippen molar-refractivity contribution >= 4 is 17.8 Å². The van der Waals surface area contributed by atoms with Gasteiger partial charge in [-0.3, -0.25) is 0 Å². The van der Waals surface area contributed by atoms with Crippen molar-refractivity contribution in [1.29, 1.82) is 0 Å². The van der Waals surface area contributed by atoms with Crippen LogP contribution >= 0.6 is 11.8 Å². The van der Waals surface area contributed by atoms with E-state index in [1.54, 1.807) is 0 Å². The van der Waals surface area contributed by atoms with Crippen molar-refractivity contribution in [3.05, 3.63) is 0 Å². The molecule has 0 bridgehead atoms. The highest BCUT2D eigenvalue weighted by Crippen LogP contribution is 2.28. The molecule has 3 N–H and O–H groups in total. The molecule has 1 rings (SSSR count). The van der Waals surface area contributed by atoms with Gasteiger partial charge in [0.1, 0.15) is 0 Å². The van der Waals surface area contributed by atoms with Crippen LogP contribution in [-0.2, 0) is 0 Å². The first-order valence-electron chi connectivity index (χ1n) is 7.32. The summed E-state index contributed by atoms with van der Waals surface area (Å²) in [5.41, 5.74) is -0.365. The van der Waals surface area contributed by atoms with E-state index in [4.69, 9.17) is 0 Å². The number of nitrogens with one attached hydrogen (secondary N) is 2. The topological polar surface area (TPSA) is 61.4 Å². The lowest BCUT2D eigenvalue weighted by Crippen LogP contribution is -2.53. The van der Waals surface area contributed by atoms with E-state index in [1.165, 1.54) is 5.75 Å². The number of carbonyl (C=O) groups is 1. The van der Waals surface area contributed by atoms with Crippen LogP contribution in [0.25, 0.3) is 0 Å². The Bertz CT molecular complexity index is 266. The molecule has 0 aromatic heterocycles. The molecule has 0 heterocycles. The minimum atomic E-state index is -0.365. The van der Waals surface area contributed by atoms with Gasteiger partial charge in [-0.05, 0) is 36.7 Å². The van der Waals surface area contributed by atoms with Crippen LogP contribution in [-0.4, -0.2) is 41.3 Å². The van der Waals surface area contributed by atoms with Crippen LogP contribution in [0.1, 0.15) is 46.0 Å². The van der Waals surface area contributed by atoms with Gasteiger partial charge >= 0.3 is 6.03 Å². The largest absolute Gasteiger partial charge is 0.394 e. The highest BCUT2D eigenvalue weighted by atomic mass is 32.2. The molecule has 19 heavy (non-hydrogen) atoms. The molecule has 0 aliphatic heterocycles. The molecule has 0 aromatic rings. The first-order chi connectivity index (χ1) is 9.08. The molecular formula is C14H28N2O2S. The number of aliphatic hydroxyl groups excluding tert-OH is 1. The quantitative estimate of drug-likeness (QED) is 0.601. The zero-order valence-electron chi connectivity index (χ0n) is 12.2. The molecule has 1 fully saturated rings. The van der Waals surface area contributed by atoms with Crippen LogP contribution < -0.4 is 10.6 Å². The van der Waals surface area contributed by atoms with E-state index in [-0.39, 0.29) is 18.2 Å². The van der Waals surface area contributed by atoms with Crippen LogP contribution in [0, 0.1) is 5.92 Å². The minimum Gasteiger partial charge on any atom is -0.394 e. The molecule has 0 unspecified atom stereocenters. The lowest BCUT2D eigenvalue weighted by Gasteiger charge is -2.27. The fourth-order valence-electron chi connectivity index (χ4n) is 2.35. The lowest BCUT2D eigenvalue weighted by molar-refractivity contribution is 0.163. The summed E-state index contributed by atoms with van der Waals surface area (Å²) in [6.07, 6.45) is 4.96. The van der Waals surface area contributed by atoms with Gasteiger partial charge in [0.2, 0.25) is 0 Å². The summed E-state index contributed by atoms with van der Waals surface area (Å²) in [7, 11) is 0. The molecule has 1 aliphatic carbocycles. The van der Waals surface area contributed by atoms with Gasteiger partial charge in [0, 0.05) is 6.54 Å². The third kappa shape index (κ3) is 6.52. The van der Waals surface area contributed by atoms with Crippen LogP contribution in [0.15, 0.2) is 0 Å². The Kier molecular flexibility index (Phi) is 7.61. The van der Waals surface area contributed by atoms with E-state index < -0.39 is 0 Å². The Balaban J connectivity index is 2.07. The average Bonchev–Trinajstić information content (AvgIpc) is 2.82. The summed E-state index contributed by atoms with van der Waals surface area (Å²) in [5.74, 6) is 3.00. The zero-order valence-corrected chi connectivity index (χ0v) is 13.0. The number of urea groups is 1. The standard InChI is InChI=1S/C14H28N2O2S/c1-12(2)10-19-9-5-8-15-13(18)16-14(11-17)6-3-4-7-14/h12,17H,3-11H2,1-2H3,(H2,15,16,18). The number of aliphatic hydroxyl groups is 1. The smallest absolute Gasteiger partial charge is 0.315 e. The van der Waals surface area contributed by atoms with Crippen molar-refractivity contribution in [3.63, 3.8) is 0 Å². The molecule has 2 amide bonds. The minimum absolute atomic E-state index is 0.0463. The summed E-state index contributed by atoms with van der Waals surface area (Å²) in [6, 6.07) is -0.134. The molecule has 0 aromatic carbocycles. The van der Waals surface area contributed by atoms with E-state index in [0.717, 1.165) is 43.8 Å². The van der Waals surface area contributed by atoms with Gasteiger partial charge in [-0.2, -0.15) is 11.8 Å². The molecule has 0 spiro atoms. The van der Waals surface area contributed by atoms with Crippen molar-refractivity contribution in [2.24, 2.45) is 5.92 Å². The maximum absolute atomic E-state index is 11.8. The number of rotatable bonds is 8. The predicted octanol–water partition coefficient (Wildman–Crippen LogP) is 2.37. The predicted molar refractivity (Wildman–Crippen MR) is 81.6 cm³/mol. The normalized spacial score (nSPS) is 17.7. The number of hydrogen-bond acceptors (Lipinski definition) is 3. The summed E-state index contributed by atoms with van der Waals surface area (Å²) < 4.78 is 0. The zero-order chi connectivity index (χ0) is 14.1. The van der Waals surface area contributed by atoms with E-state index >= 15 is 0 Å². The van der Waals surface area contributed by atoms with E-state index in [1.807, 2.05) is 11.8 Å². The van der Waals surface area contributed by atoms with Crippen LogP contribution in [0.5, 0.6) is 0 Å². The van der Waals surface area contributed by atoms with Gasteiger partial charge in [-0.1, -0.05) is 26.7 Å². The Hall–Kier alpha value is -0.420. The van der Waals surface area contributed by atoms with Gasteiger partial charge in [-0.25, -0.2) is 4.79 Å². The molecular weight excluding hydrogens is 260 g/mol. The number of amides is 2. The Labute approximate surface area is 121 Å². The van der Waals surface area contributed by atoms with Crippen LogP contribution in [0.4, 0.5) is 4.79 Å². The molecule has 0 saturated heterocycles. The van der Waals surface area contributed by atoms with Gasteiger partial charge < -0.3 is 15.7 Å². The van der Waals surface area contributed by atoms with Crippen LogP contribution in [0.2, 0.25) is 0 Å². The first-order valence-corrected chi connectivity index (χ1v) is 8.48. The van der Waals surface area contributed by atoms with E-state index in [2.05, 4.69) is 24.5 Å². The number of thioether (sulfide) groups is 1.